The third-order valence-corrected chi connectivity index (χ3v) is 4.71. The molecule has 1 aliphatic rings. The second-order valence-electron chi connectivity index (χ2n) is 6.48. The number of rotatable bonds is 5. The molecule has 0 atom stereocenters. The van der Waals surface area contributed by atoms with Gasteiger partial charge in [-0.2, -0.15) is 0 Å². The number of para-hydroxylation sites is 2. The number of carbonyl (C=O) groups is 2. The molecule has 0 saturated heterocycles. The Bertz CT molecular complexity index is 809. The molecule has 5 nitrogen and oxygen atoms in total. The number of fused-ring (bicyclic) bond motifs is 1. The minimum absolute atomic E-state index is 0.00481. The molecular formula is C20H22ClN3O2. The second-order valence-corrected chi connectivity index (χ2v) is 6.89. The number of carbonyl (C=O) groups excluding carboxylic acids is 2. The fourth-order valence-electron chi connectivity index (χ4n) is 3.16. The van der Waals surface area contributed by atoms with E-state index in [0.29, 0.717) is 10.7 Å². The number of amides is 2. The SMILES string of the molecule is CN(CC(=O)Nc1ccccc1Cl)CC(=O)N1CCCc2ccccc21. The van der Waals surface area contributed by atoms with Crippen molar-refractivity contribution < 1.29 is 9.59 Å². The fraction of sp³-hybridized carbons (Fsp3) is 0.300. The van der Waals surface area contributed by atoms with Gasteiger partial charge in [-0.3, -0.25) is 14.5 Å². The van der Waals surface area contributed by atoms with E-state index in [1.54, 1.807) is 30.1 Å². The summed E-state index contributed by atoms with van der Waals surface area (Å²) < 4.78 is 0. The Kier molecular flexibility index (Phi) is 5.91. The van der Waals surface area contributed by atoms with E-state index in [1.165, 1.54) is 5.56 Å². The lowest BCUT2D eigenvalue weighted by atomic mass is 10.0. The summed E-state index contributed by atoms with van der Waals surface area (Å²) in [6, 6.07) is 15.1. The van der Waals surface area contributed by atoms with E-state index in [1.807, 2.05) is 29.2 Å². The molecule has 1 N–H and O–H groups in total. The van der Waals surface area contributed by atoms with Gasteiger partial charge < -0.3 is 10.2 Å². The van der Waals surface area contributed by atoms with Gasteiger partial charge in [0, 0.05) is 12.2 Å². The van der Waals surface area contributed by atoms with E-state index in [0.717, 1.165) is 25.1 Å². The van der Waals surface area contributed by atoms with Gasteiger partial charge in [0.15, 0.2) is 0 Å². The Morgan fingerprint density at radius 3 is 2.65 bits per heavy atom. The molecule has 3 rings (SSSR count). The summed E-state index contributed by atoms with van der Waals surface area (Å²) in [4.78, 5) is 28.4. The van der Waals surface area contributed by atoms with Crippen molar-refractivity contribution in [2.75, 3.05) is 36.9 Å². The summed E-state index contributed by atoms with van der Waals surface area (Å²) in [5.74, 6) is -0.197. The quantitative estimate of drug-likeness (QED) is 0.878. The zero-order chi connectivity index (χ0) is 18.5. The molecule has 0 unspecified atom stereocenters. The third-order valence-electron chi connectivity index (χ3n) is 4.38. The fourth-order valence-corrected chi connectivity index (χ4v) is 3.35. The minimum atomic E-state index is -0.201. The molecule has 0 bridgehead atoms. The molecule has 0 radical (unpaired) electrons. The lowest BCUT2D eigenvalue weighted by Gasteiger charge is -2.30. The zero-order valence-electron chi connectivity index (χ0n) is 14.7. The predicted octanol–water partition coefficient (Wildman–Crippen LogP) is 3.19. The van der Waals surface area contributed by atoms with E-state index < -0.39 is 0 Å². The normalized spacial score (nSPS) is 13.4. The first-order chi connectivity index (χ1) is 12.5. The highest BCUT2D eigenvalue weighted by molar-refractivity contribution is 6.33. The van der Waals surface area contributed by atoms with Gasteiger partial charge in [-0.05, 0) is 43.7 Å². The molecule has 2 aromatic carbocycles. The van der Waals surface area contributed by atoms with E-state index >= 15 is 0 Å². The van der Waals surface area contributed by atoms with Crippen molar-refractivity contribution in [2.45, 2.75) is 12.8 Å². The van der Waals surface area contributed by atoms with Gasteiger partial charge in [-0.15, -0.1) is 0 Å². The molecule has 2 amide bonds. The summed E-state index contributed by atoms with van der Waals surface area (Å²) in [5, 5.41) is 3.26. The number of hydrogen-bond acceptors (Lipinski definition) is 3. The molecule has 1 heterocycles. The molecule has 0 aromatic heterocycles. The molecule has 0 aliphatic carbocycles. The Morgan fingerprint density at radius 1 is 1.12 bits per heavy atom. The number of benzene rings is 2. The Labute approximate surface area is 158 Å². The van der Waals surface area contributed by atoms with Crippen LogP contribution in [0.1, 0.15) is 12.0 Å². The predicted molar refractivity (Wildman–Crippen MR) is 105 cm³/mol. The van der Waals surface area contributed by atoms with E-state index in [9.17, 15) is 9.59 Å². The second kappa shape index (κ2) is 8.34. The van der Waals surface area contributed by atoms with Crippen molar-refractivity contribution in [3.63, 3.8) is 0 Å². The van der Waals surface area contributed by atoms with Crippen LogP contribution in [0.25, 0.3) is 0 Å². The Balaban J connectivity index is 1.57. The van der Waals surface area contributed by atoms with Crippen LogP contribution in [-0.2, 0) is 16.0 Å². The van der Waals surface area contributed by atoms with Crippen LogP contribution in [0.3, 0.4) is 0 Å². The van der Waals surface area contributed by atoms with Crippen LogP contribution < -0.4 is 10.2 Å². The van der Waals surface area contributed by atoms with E-state index in [2.05, 4.69) is 11.4 Å². The number of aryl methyl sites for hydroxylation is 1. The number of anilines is 2. The average molecular weight is 372 g/mol. The molecule has 6 heteroatoms. The molecule has 26 heavy (non-hydrogen) atoms. The Hall–Kier alpha value is -2.37. The van der Waals surface area contributed by atoms with Crippen molar-refractivity contribution in [1.82, 2.24) is 4.90 Å². The van der Waals surface area contributed by atoms with Crippen LogP contribution in [0.15, 0.2) is 48.5 Å². The standard InChI is InChI=1S/C20H22ClN3O2/c1-23(13-19(25)22-17-10-4-3-9-16(17)21)14-20(26)24-12-6-8-15-7-2-5-11-18(15)24/h2-5,7,9-11H,6,8,12-14H2,1H3,(H,22,25). The summed E-state index contributed by atoms with van der Waals surface area (Å²) in [5.41, 5.74) is 2.76. The zero-order valence-corrected chi connectivity index (χ0v) is 15.5. The topological polar surface area (TPSA) is 52.7 Å². The first kappa shape index (κ1) is 18.4. The van der Waals surface area contributed by atoms with Gasteiger partial charge in [0.2, 0.25) is 11.8 Å². The van der Waals surface area contributed by atoms with E-state index in [4.69, 9.17) is 11.6 Å². The molecule has 0 saturated carbocycles. The van der Waals surface area contributed by atoms with Crippen LogP contribution in [0.4, 0.5) is 11.4 Å². The molecule has 136 valence electrons. The number of halogens is 1. The lowest BCUT2D eigenvalue weighted by Crippen LogP contribution is -2.43. The number of hydrogen-bond donors (Lipinski definition) is 1. The maximum atomic E-state index is 12.7. The molecule has 0 spiro atoms. The lowest BCUT2D eigenvalue weighted by molar-refractivity contribution is -0.121. The van der Waals surface area contributed by atoms with Gasteiger partial charge >= 0.3 is 0 Å². The highest BCUT2D eigenvalue weighted by atomic mass is 35.5. The van der Waals surface area contributed by atoms with Crippen LogP contribution in [-0.4, -0.2) is 43.4 Å². The smallest absolute Gasteiger partial charge is 0.241 e. The van der Waals surface area contributed by atoms with Crippen molar-refractivity contribution >= 4 is 34.8 Å². The molecule has 0 fully saturated rings. The van der Waals surface area contributed by atoms with Crippen molar-refractivity contribution in [1.29, 1.82) is 0 Å². The number of likely N-dealkylation sites (N-methyl/N-ethyl adjacent to an activating group) is 1. The minimum Gasteiger partial charge on any atom is -0.324 e. The van der Waals surface area contributed by atoms with Crippen LogP contribution in [0.2, 0.25) is 5.02 Å². The highest BCUT2D eigenvalue weighted by Gasteiger charge is 2.23. The van der Waals surface area contributed by atoms with Gasteiger partial charge in [-0.25, -0.2) is 0 Å². The van der Waals surface area contributed by atoms with Crippen LogP contribution in [0, 0.1) is 0 Å². The first-order valence-corrected chi connectivity index (χ1v) is 9.03. The van der Waals surface area contributed by atoms with Gasteiger partial charge in [0.1, 0.15) is 0 Å². The number of nitrogens with zero attached hydrogens (tertiary/aromatic N) is 2. The molecule has 1 aliphatic heterocycles. The van der Waals surface area contributed by atoms with Crippen molar-refractivity contribution in [3.05, 3.63) is 59.1 Å². The monoisotopic (exact) mass is 371 g/mol. The van der Waals surface area contributed by atoms with Crippen molar-refractivity contribution in [2.24, 2.45) is 0 Å². The average Bonchev–Trinajstić information content (AvgIpc) is 2.63. The van der Waals surface area contributed by atoms with Crippen LogP contribution >= 0.6 is 11.6 Å². The molecule has 2 aromatic rings. The number of nitrogens with one attached hydrogen (secondary N) is 1. The van der Waals surface area contributed by atoms with Crippen LogP contribution in [0.5, 0.6) is 0 Å². The van der Waals surface area contributed by atoms with Gasteiger partial charge in [0.05, 0.1) is 23.8 Å². The van der Waals surface area contributed by atoms with Gasteiger partial charge in [-0.1, -0.05) is 41.9 Å². The highest BCUT2D eigenvalue weighted by Crippen LogP contribution is 2.26. The largest absolute Gasteiger partial charge is 0.324 e. The maximum Gasteiger partial charge on any atom is 0.241 e. The summed E-state index contributed by atoms with van der Waals surface area (Å²) in [6.45, 7) is 1.02. The summed E-state index contributed by atoms with van der Waals surface area (Å²) in [6.07, 6.45) is 1.95. The molecular weight excluding hydrogens is 350 g/mol. The summed E-state index contributed by atoms with van der Waals surface area (Å²) in [7, 11) is 1.76. The van der Waals surface area contributed by atoms with Crippen molar-refractivity contribution in [3.8, 4) is 0 Å². The first-order valence-electron chi connectivity index (χ1n) is 8.66. The Morgan fingerprint density at radius 2 is 1.85 bits per heavy atom. The van der Waals surface area contributed by atoms with Gasteiger partial charge in [0.25, 0.3) is 0 Å². The van der Waals surface area contributed by atoms with E-state index in [-0.39, 0.29) is 24.9 Å². The third kappa shape index (κ3) is 4.42. The summed E-state index contributed by atoms with van der Waals surface area (Å²) >= 11 is 6.05. The maximum absolute atomic E-state index is 12.7.